The molecule has 6 heteroatoms. The predicted molar refractivity (Wildman–Crippen MR) is 101 cm³/mol. The Bertz CT molecular complexity index is 669. The lowest BCUT2D eigenvalue weighted by Crippen LogP contribution is -2.52. The lowest BCUT2D eigenvalue weighted by Gasteiger charge is -2.37. The Morgan fingerprint density at radius 1 is 1.25 bits per heavy atom. The van der Waals surface area contributed by atoms with Crippen LogP contribution in [0.4, 0.5) is 5.69 Å². The predicted octanol–water partition coefficient (Wildman–Crippen LogP) is 3.55. The number of carbonyl (C=O) groups excluding carboxylic acids is 1. The third kappa shape index (κ3) is 4.57. The lowest BCUT2D eigenvalue weighted by molar-refractivity contribution is -0.121. The van der Waals surface area contributed by atoms with Gasteiger partial charge in [0, 0.05) is 48.3 Å². The van der Waals surface area contributed by atoms with Gasteiger partial charge in [-0.05, 0) is 36.6 Å². The molecule has 1 aliphatic rings. The maximum absolute atomic E-state index is 12.5. The Morgan fingerprint density at radius 3 is 2.71 bits per heavy atom. The van der Waals surface area contributed by atoms with Gasteiger partial charge in [-0.25, -0.2) is 0 Å². The van der Waals surface area contributed by atoms with Gasteiger partial charge < -0.3 is 5.32 Å². The van der Waals surface area contributed by atoms with Crippen LogP contribution in [-0.2, 0) is 11.3 Å². The highest BCUT2D eigenvalue weighted by atomic mass is 35.5. The highest BCUT2D eigenvalue weighted by Crippen LogP contribution is 2.17. The molecule has 0 aliphatic carbocycles. The van der Waals surface area contributed by atoms with Gasteiger partial charge in [-0.15, -0.1) is 11.3 Å². The minimum atomic E-state index is -0.145. The van der Waals surface area contributed by atoms with Crippen LogP contribution >= 0.6 is 22.9 Å². The van der Waals surface area contributed by atoms with Gasteiger partial charge in [0.1, 0.15) is 0 Å². The first kappa shape index (κ1) is 17.4. The molecular weight excluding hydrogens is 342 g/mol. The van der Waals surface area contributed by atoms with E-state index in [-0.39, 0.29) is 11.9 Å². The fourth-order valence-corrected chi connectivity index (χ4v) is 3.85. The second kappa shape index (κ2) is 8.12. The average Bonchev–Trinajstić information content (AvgIpc) is 3.08. The van der Waals surface area contributed by atoms with Crippen LogP contribution in [0.2, 0.25) is 5.02 Å². The first-order valence-corrected chi connectivity index (χ1v) is 9.43. The molecule has 1 atom stereocenters. The normalized spacial score (nSPS) is 17.6. The minimum absolute atomic E-state index is 0.0176. The van der Waals surface area contributed by atoms with Gasteiger partial charge in [-0.1, -0.05) is 23.7 Å². The molecule has 0 saturated carbocycles. The summed E-state index contributed by atoms with van der Waals surface area (Å²) in [6.07, 6.45) is 0. The summed E-state index contributed by atoms with van der Waals surface area (Å²) < 4.78 is 0. The van der Waals surface area contributed by atoms with E-state index in [2.05, 4.69) is 32.6 Å². The topological polar surface area (TPSA) is 35.6 Å². The number of rotatable bonds is 5. The number of halogens is 1. The van der Waals surface area contributed by atoms with Crippen LogP contribution in [-0.4, -0.2) is 47.9 Å². The first-order chi connectivity index (χ1) is 11.6. The number of hydrogen-bond acceptors (Lipinski definition) is 4. The number of hydrogen-bond donors (Lipinski definition) is 1. The van der Waals surface area contributed by atoms with E-state index in [4.69, 9.17) is 11.6 Å². The second-order valence-electron chi connectivity index (χ2n) is 6.07. The molecule has 128 valence electrons. The number of amides is 1. The number of anilines is 1. The van der Waals surface area contributed by atoms with Crippen LogP contribution in [0.5, 0.6) is 0 Å². The standard InChI is InChI=1S/C18H22ClN3OS/c1-14(18(23)20-16-5-2-4-15(19)12-16)22-9-7-21(8-10-22)13-17-6-3-11-24-17/h2-6,11-12,14H,7-10,13H2,1H3,(H,20,23)/t14-/m1/s1. The highest BCUT2D eigenvalue weighted by molar-refractivity contribution is 7.09. The summed E-state index contributed by atoms with van der Waals surface area (Å²) in [5.74, 6) is 0.0176. The van der Waals surface area contributed by atoms with Crippen LogP contribution in [0.25, 0.3) is 0 Å². The van der Waals surface area contributed by atoms with Crippen molar-refractivity contribution in [3.8, 4) is 0 Å². The molecule has 1 aliphatic heterocycles. The summed E-state index contributed by atoms with van der Waals surface area (Å²) in [6, 6.07) is 11.4. The molecule has 1 fully saturated rings. The van der Waals surface area contributed by atoms with E-state index in [1.807, 2.05) is 19.1 Å². The third-order valence-corrected chi connectivity index (χ3v) is 5.48. The largest absolute Gasteiger partial charge is 0.325 e. The van der Waals surface area contributed by atoms with Crippen molar-refractivity contribution < 1.29 is 4.79 Å². The molecule has 0 spiro atoms. The van der Waals surface area contributed by atoms with Crippen LogP contribution in [0.3, 0.4) is 0 Å². The van der Waals surface area contributed by atoms with E-state index in [0.717, 1.165) is 38.4 Å². The maximum Gasteiger partial charge on any atom is 0.241 e. The third-order valence-electron chi connectivity index (χ3n) is 4.39. The fraction of sp³-hybridized carbons (Fsp3) is 0.389. The van der Waals surface area contributed by atoms with Gasteiger partial charge in [0.05, 0.1) is 6.04 Å². The highest BCUT2D eigenvalue weighted by Gasteiger charge is 2.25. The van der Waals surface area contributed by atoms with Crippen LogP contribution < -0.4 is 5.32 Å². The van der Waals surface area contributed by atoms with Crippen molar-refractivity contribution in [2.24, 2.45) is 0 Å². The van der Waals surface area contributed by atoms with E-state index in [1.165, 1.54) is 4.88 Å². The van der Waals surface area contributed by atoms with Crippen molar-refractivity contribution in [2.75, 3.05) is 31.5 Å². The van der Waals surface area contributed by atoms with E-state index in [9.17, 15) is 4.79 Å². The summed E-state index contributed by atoms with van der Waals surface area (Å²) in [7, 11) is 0. The van der Waals surface area contributed by atoms with Gasteiger partial charge in [0.2, 0.25) is 5.91 Å². The molecule has 4 nitrogen and oxygen atoms in total. The molecule has 1 aromatic heterocycles. The molecular formula is C18H22ClN3OS. The average molecular weight is 364 g/mol. The van der Waals surface area contributed by atoms with Crippen molar-refractivity contribution in [3.05, 3.63) is 51.7 Å². The van der Waals surface area contributed by atoms with Crippen molar-refractivity contribution >= 4 is 34.5 Å². The fourth-order valence-electron chi connectivity index (χ4n) is 2.91. The van der Waals surface area contributed by atoms with Crippen molar-refractivity contribution in [3.63, 3.8) is 0 Å². The maximum atomic E-state index is 12.5. The van der Waals surface area contributed by atoms with E-state index >= 15 is 0 Å². The Balaban J connectivity index is 1.49. The summed E-state index contributed by atoms with van der Waals surface area (Å²) in [6.45, 7) is 6.79. The molecule has 2 aromatic rings. The van der Waals surface area contributed by atoms with E-state index in [1.54, 1.807) is 23.5 Å². The van der Waals surface area contributed by atoms with Gasteiger partial charge in [-0.2, -0.15) is 0 Å². The Morgan fingerprint density at radius 2 is 2.04 bits per heavy atom. The molecule has 0 bridgehead atoms. The minimum Gasteiger partial charge on any atom is -0.325 e. The number of nitrogens with one attached hydrogen (secondary N) is 1. The zero-order chi connectivity index (χ0) is 16.9. The van der Waals surface area contributed by atoms with Crippen molar-refractivity contribution in [1.29, 1.82) is 0 Å². The van der Waals surface area contributed by atoms with Gasteiger partial charge in [0.25, 0.3) is 0 Å². The molecule has 0 unspecified atom stereocenters. The molecule has 1 N–H and O–H groups in total. The van der Waals surface area contributed by atoms with E-state index < -0.39 is 0 Å². The molecule has 0 radical (unpaired) electrons. The Labute approximate surface area is 152 Å². The van der Waals surface area contributed by atoms with Crippen LogP contribution in [0.15, 0.2) is 41.8 Å². The second-order valence-corrected chi connectivity index (χ2v) is 7.54. The molecule has 1 saturated heterocycles. The number of benzene rings is 1. The molecule has 1 amide bonds. The zero-order valence-electron chi connectivity index (χ0n) is 13.7. The van der Waals surface area contributed by atoms with Gasteiger partial charge in [-0.3, -0.25) is 14.6 Å². The van der Waals surface area contributed by atoms with Crippen LogP contribution in [0, 0.1) is 0 Å². The summed E-state index contributed by atoms with van der Waals surface area (Å²) in [5.41, 5.74) is 0.746. The zero-order valence-corrected chi connectivity index (χ0v) is 15.3. The van der Waals surface area contributed by atoms with Crippen LogP contribution in [0.1, 0.15) is 11.8 Å². The lowest BCUT2D eigenvalue weighted by atomic mass is 10.2. The number of piperazine rings is 1. The molecule has 3 rings (SSSR count). The monoisotopic (exact) mass is 363 g/mol. The molecule has 2 heterocycles. The Kier molecular flexibility index (Phi) is 5.89. The SMILES string of the molecule is C[C@H](C(=O)Nc1cccc(Cl)c1)N1CCN(Cc2cccs2)CC1. The molecule has 24 heavy (non-hydrogen) atoms. The summed E-state index contributed by atoms with van der Waals surface area (Å²) in [4.78, 5) is 18.5. The quantitative estimate of drug-likeness (QED) is 0.882. The summed E-state index contributed by atoms with van der Waals surface area (Å²) in [5, 5.41) is 5.70. The summed E-state index contributed by atoms with van der Waals surface area (Å²) >= 11 is 7.77. The first-order valence-electron chi connectivity index (χ1n) is 8.17. The smallest absolute Gasteiger partial charge is 0.241 e. The molecule has 1 aromatic carbocycles. The number of thiophene rings is 1. The number of carbonyl (C=O) groups is 1. The van der Waals surface area contributed by atoms with Crippen molar-refractivity contribution in [2.45, 2.75) is 19.5 Å². The van der Waals surface area contributed by atoms with Gasteiger partial charge in [0.15, 0.2) is 0 Å². The van der Waals surface area contributed by atoms with E-state index in [0.29, 0.717) is 5.02 Å². The number of nitrogens with zero attached hydrogens (tertiary/aromatic N) is 2. The van der Waals surface area contributed by atoms with Crippen molar-refractivity contribution in [1.82, 2.24) is 9.80 Å². The van der Waals surface area contributed by atoms with Gasteiger partial charge >= 0.3 is 0 Å². The Hall–Kier alpha value is -1.40.